The van der Waals surface area contributed by atoms with E-state index in [-0.39, 0.29) is 11.3 Å². The van der Waals surface area contributed by atoms with Crippen LogP contribution in [-0.2, 0) is 4.79 Å². The third kappa shape index (κ3) is 5.30. The van der Waals surface area contributed by atoms with Crippen LogP contribution in [0.25, 0.3) is 28.4 Å². The lowest BCUT2D eigenvalue weighted by Crippen LogP contribution is -2.07. The van der Waals surface area contributed by atoms with Gasteiger partial charge in [0, 0.05) is 23.4 Å². The van der Waals surface area contributed by atoms with Crippen molar-refractivity contribution in [3.8, 4) is 22.8 Å². The Bertz CT molecular complexity index is 1350. The van der Waals surface area contributed by atoms with Gasteiger partial charge in [-0.2, -0.15) is 0 Å². The SMILES string of the molecule is CCOc1ccc(/C=C/C(=O)Nc2ccc(-c3cc(=O)c4cc(OC)ccc4o3)cc2)cc1. The number of rotatable bonds is 7. The van der Waals surface area contributed by atoms with Gasteiger partial charge in [0.25, 0.3) is 0 Å². The van der Waals surface area contributed by atoms with Crippen molar-refractivity contribution in [3.63, 3.8) is 0 Å². The quantitative estimate of drug-likeness (QED) is 0.382. The summed E-state index contributed by atoms with van der Waals surface area (Å²) in [6.07, 6.45) is 3.21. The van der Waals surface area contributed by atoms with Crippen molar-refractivity contribution in [3.05, 3.63) is 94.7 Å². The second-order valence-electron chi connectivity index (χ2n) is 7.24. The summed E-state index contributed by atoms with van der Waals surface area (Å²) in [5, 5.41) is 3.28. The second kappa shape index (κ2) is 9.87. The van der Waals surface area contributed by atoms with E-state index in [1.54, 1.807) is 55.7 Å². The van der Waals surface area contributed by atoms with E-state index in [0.29, 0.717) is 34.8 Å². The zero-order valence-electron chi connectivity index (χ0n) is 18.3. The van der Waals surface area contributed by atoms with Crippen molar-refractivity contribution in [2.75, 3.05) is 19.0 Å². The minimum Gasteiger partial charge on any atom is -0.497 e. The van der Waals surface area contributed by atoms with Crippen LogP contribution >= 0.6 is 0 Å². The van der Waals surface area contributed by atoms with E-state index in [1.165, 1.54) is 12.1 Å². The van der Waals surface area contributed by atoms with E-state index in [0.717, 1.165) is 16.9 Å². The molecule has 0 saturated carbocycles. The van der Waals surface area contributed by atoms with Crippen molar-refractivity contribution >= 4 is 28.6 Å². The van der Waals surface area contributed by atoms with Crippen LogP contribution in [0.4, 0.5) is 5.69 Å². The first-order valence-electron chi connectivity index (χ1n) is 10.5. The zero-order valence-corrected chi connectivity index (χ0v) is 18.3. The lowest BCUT2D eigenvalue weighted by molar-refractivity contribution is -0.111. The number of carbonyl (C=O) groups excluding carboxylic acids is 1. The topological polar surface area (TPSA) is 77.8 Å². The maximum atomic E-state index is 12.5. The highest BCUT2D eigenvalue weighted by Gasteiger charge is 2.09. The van der Waals surface area contributed by atoms with E-state index in [2.05, 4.69) is 5.32 Å². The molecule has 4 aromatic rings. The molecule has 6 heteroatoms. The molecule has 0 aliphatic rings. The van der Waals surface area contributed by atoms with Gasteiger partial charge in [-0.05, 0) is 73.2 Å². The molecule has 0 radical (unpaired) electrons. The minimum absolute atomic E-state index is 0.151. The predicted molar refractivity (Wildman–Crippen MR) is 130 cm³/mol. The van der Waals surface area contributed by atoms with E-state index < -0.39 is 0 Å². The number of fused-ring (bicyclic) bond motifs is 1. The van der Waals surface area contributed by atoms with Gasteiger partial charge in [0.2, 0.25) is 5.91 Å². The van der Waals surface area contributed by atoms with Gasteiger partial charge in [0.1, 0.15) is 22.8 Å². The lowest BCUT2D eigenvalue weighted by atomic mass is 10.1. The van der Waals surface area contributed by atoms with Crippen molar-refractivity contribution in [1.82, 2.24) is 0 Å². The molecule has 0 bridgehead atoms. The Morgan fingerprint density at radius 1 is 0.970 bits per heavy atom. The molecule has 0 spiro atoms. The van der Waals surface area contributed by atoms with Gasteiger partial charge in [-0.1, -0.05) is 12.1 Å². The highest BCUT2D eigenvalue weighted by molar-refractivity contribution is 6.02. The van der Waals surface area contributed by atoms with Gasteiger partial charge < -0.3 is 19.2 Å². The number of hydrogen-bond donors (Lipinski definition) is 1. The number of anilines is 1. The fourth-order valence-corrected chi connectivity index (χ4v) is 3.32. The highest BCUT2D eigenvalue weighted by Crippen LogP contribution is 2.25. The molecular weight excluding hydrogens is 418 g/mol. The molecule has 1 heterocycles. The average molecular weight is 441 g/mol. The van der Waals surface area contributed by atoms with Crippen molar-refractivity contribution in [1.29, 1.82) is 0 Å². The first-order valence-corrected chi connectivity index (χ1v) is 10.5. The van der Waals surface area contributed by atoms with E-state index in [4.69, 9.17) is 13.9 Å². The third-order valence-electron chi connectivity index (χ3n) is 4.99. The molecule has 0 aliphatic carbocycles. The fraction of sp³-hybridized carbons (Fsp3) is 0.111. The van der Waals surface area contributed by atoms with Crippen LogP contribution in [0.5, 0.6) is 11.5 Å². The number of ether oxygens (including phenoxy) is 2. The van der Waals surface area contributed by atoms with Gasteiger partial charge in [-0.3, -0.25) is 9.59 Å². The van der Waals surface area contributed by atoms with Crippen LogP contribution < -0.4 is 20.2 Å². The van der Waals surface area contributed by atoms with Crippen molar-refractivity contribution < 1.29 is 18.7 Å². The Kier molecular flexibility index (Phi) is 6.55. The molecule has 166 valence electrons. The van der Waals surface area contributed by atoms with Gasteiger partial charge in [-0.25, -0.2) is 0 Å². The van der Waals surface area contributed by atoms with Crippen LogP contribution in [0.3, 0.4) is 0 Å². The highest BCUT2D eigenvalue weighted by atomic mass is 16.5. The number of hydrogen-bond acceptors (Lipinski definition) is 5. The molecule has 0 unspecified atom stereocenters. The molecule has 33 heavy (non-hydrogen) atoms. The van der Waals surface area contributed by atoms with Crippen LogP contribution in [-0.4, -0.2) is 19.6 Å². The molecule has 3 aromatic carbocycles. The number of nitrogens with one attached hydrogen (secondary N) is 1. The van der Waals surface area contributed by atoms with E-state index in [1.807, 2.05) is 31.2 Å². The Morgan fingerprint density at radius 3 is 2.39 bits per heavy atom. The van der Waals surface area contributed by atoms with Gasteiger partial charge >= 0.3 is 0 Å². The summed E-state index contributed by atoms with van der Waals surface area (Å²) in [5.41, 5.74) is 2.59. The Hall–Kier alpha value is -4.32. The van der Waals surface area contributed by atoms with Crippen LogP contribution in [0.1, 0.15) is 12.5 Å². The minimum atomic E-state index is -0.247. The Morgan fingerprint density at radius 2 is 1.70 bits per heavy atom. The van der Waals surface area contributed by atoms with Crippen LogP contribution in [0.15, 0.2) is 88.1 Å². The molecule has 0 atom stereocenters. The largest absolute Gasteiger partial charge is 0.497 e. The van der Waals surface area contributed by atoms with E-state index in [9.17, 15) is 9.59 Å². The number of amides is 1. The Labute approximate surface area is 191 Å². The second-order valence-corrected chi connectivity index (χ2v) is 7.24. The van der Waals surface area contributed by atoms with Gasteiger partial charge in [-0.15, -0.1) is 0 Å². The monoisotopic (exact) mass is 441 g/mol. The maximum absolute atomic E-state index is 12.5. The zero-order chi connectivity index (χ0) is 23.2. The molecule has 6 nitrogen and oxygen atoms in total. The summed E-state index contributed by atoms with van der Waals surface area (Å²) < 4.78 is 16.5. The molecular formula is C27H23NO5. The smallest absolute Gasteiger partial charge is 0.248 e. The summed E-state index contributed by atoms with van der Waals surface area (Å²) in [6, 6.07) is 21.2. The van der Waals surface area contributed by atoms with Crippen LogP contribution in [0, 0.1) is 0 Å². The summed E-state index contributed by atoms with van der Waals surface area (Å²) in [5.74, 6) is 1.59. The molecule has 1 N–H and O–H groups in total. The molecule has 0 aliphatic heterocycles. The average Bonchev–Trinajstić information content (AvgIpc) is 2.84. The maximum Gasteiger partial charge on any atom is 0.248 e. The Balaban J connectivity index is 1.44. The summed E-state index contributed by atoms with van der Waals surface area (Å²) in [4.78, 5) is 24.8. The predicted octanol–water partition coefficient (Wildman–Crippen LogP) is 5.52. The lowest BCUT2D eigenvalue weighted by Gasteiger charge is -2.07. The number of carbonyl (C=O) groups is 1. The molecule has 4 rings (SSSR count). The first-order chi connectivity index (χ1) is 16.1. The van der Waals surface area contributed by atoms with Crippen molar-refractivity contribution in [2.45, 2.75) is 6.92 Å². The summed E-state index contributed by atoms with van der Waals surface area (Å²) in [6.45, 7) is 2.54. The first kappa shape index (κ1) is 21.9. The summed E-state index contributed by atoms with van der Waals surface area (Å²) >= 11 is 0. The normalized spacial score (nSPS) is 11.0. The molecule has 0 saturated heterocycles. The molecule has 1 aromatic heterocycles. The molecule has 0 fully saturated rings. The van der Waals surface area contributed by atoms with Crippen molar-refractivity contribution in [2.24, 2.45) is 0 Å². The van der Waals surface area contributed by atoms with E-state index >= 15 is 0 Å². The molecule has 1 amide bonds. The third-order valence-corrected chi connectivity index (χ3v) is 4.99. The van der Waals surface area contributed by atoms with Gasteiger partial charge in [0.05, 0.1) is 19.1 Å². The van der Waals surface area contributed by atoms with Gasteiger partial charge in [0.15, 0.2) is 5.43 Å². The fourth-order valence-electron chi connectivity index (χ4n) is 3.32. The number of benzene rings is 3. The summed E-state index contributed by atoms with van der Waals surface area (Å²) in [7, 11) is 1.55. The van der Waals surface area contributed by atoms with Crippen LogP contribution in [0.2, 0.25) is 0 Å². The standard InChI is InChI=1S/C27H23NO5/c1-3-32-21-11-4-18(5-12-21)6-15-27(30)28-20-9-7-19(8-10-20)26-17-24(29)23-16-22(31-2)13-14-25(23)33-26/h4-17H,3H2,1-2H3,(H,28,30)/b15-6+. The number of methoxy groups -OCH3 is 1.